The van der Waals surface area contributed by atoms with Gasteiger partial charge < -0.3 is 16.6 Å². The molecule has 1 aromatic heterocycles. The molecular formula is C21H20N3O+. The minimum Gasteiger partial charge on any atom is -0.506 e. The Kier molecular flexibility index (Phi) is 3.46. The van der Waals surface area contributed by atoms with Crippen LogP contribution in [0.15, 0.2) is 60.7 Å². The number of aromatic nitrogens is 1. The number of phenolic OH excluding ortho intramolecular Hbond substituents is 1. The first-order valence-electron chi connectivity index (χ1n) is 8.32. The minimum atomic E-state index is 0.0979. The van der Waals surface area contributed by atoms with E-state index in [9.17, 15) is 5.11 Å². The maximum absolute atomic E-state index is 10.1. The van der Waals surface area contributed by atoms with Gasteiger partial charge in [-0.25, -0.2) is 0 Å². The van der Waals surface area contributed by atoms with E-state index in [1.807, 2.05) is 42.5 Å². The summed E-state index contributed by atoms with van der Waals surface area (Å²) in [5, 5.41) is 13.2. The molecule has 3 aromatic carbocycles. The number of aromatic hydroxyl groups is 1. The Balaban J connectivity index is 2.28. The van der Waals surface area contributed by atoms with Crippen molar-refractivity contribution in [1.82, 2.24) is 0 Å². The van der Waals surface area contributed by atoms with Crippen LogP contribution in [0.1, 0.15) is 6.92 Å². The van der Waals surface area contributed by atoms with Gasteiger partial charge in [0.05, 0.1) is 16.5 Å². The zero-order chi connectivity index (χ0) is 17.6. The monoisotopic (exact) mass is 330 g/mol. The summed E-state index contributed by atoms with van der Waals surface area (Å²) in [6.07, 6.45) is 0. The summed E-state index contributed by atoms with van der Waals surface area (Å²) < 4.78 is 2.22. The molecule has 0 atom stereocenters. The van der Waals surface area contributed by atoms with Crippen LogP contribution in [0.5, 0.6) is 5.75 Å². The van der Waals surface area contributed by atoms with Gasteiger partial charge in [-0.3, -0.25) is 0 Å². The Labute approximate surface area is 145 Å². The smallest absolute Gasteiger partial charge is 0.220 e. The standard InChI is InChI=1S/C21H19N3O/c1-2-24-19-12-18(23)20(25)11-16(19)15-9-8-14(22)10-17(15)21(24)13-6-4-3-5-7-13/h3-12,23,25H,2,22H2,1H3/p+1. The third kappa shape index (κ3) is 2.34. The number of fused-ring (bicyclic) bond motifs is 3. The molecule has 1 heterocycles. The highest BCUT2D eigenvalue weighted by Gasteiger charge is 2.23. The normalized spacial score (nSPS) is 11.2. The van der Waals surface area contributed by atoms with Crippen molar-refractivity contribution in [2.75, 3.05) is 11.5 Å². The molecule has 0 bridgehead atoms. The van der Waals surface area contributed by atoms with Gasteiger partial charge >= 0.3 is 0 Å². The number of nitrogens with zero attached hydrogens (tertiary/aromatic N) is 1. The lowest BCUT2D eigenvalue weighted by Gasteiger charge is -2.12. The number of benzene rings is 3. The predicted octanol–water partition coefficient (Wildman–Crippen LogP) is 3.84. The van der Waals surface area contributed by atoms with E-state index in [0.717, 1.165) is 39.5 Å². The second kappa shape index (κ2) is 5.67. The molecule has 4 heteroatoms. The van der Waals surface area contributed by atoms with Crippen LogP contribution in [0.4, 0.5) is 11.4 Å². The van der Waals surface area contributed by atoms with Crippen molar-refractivity contribution in [2.45, 2.75) is 13.5 Å². The number of nitrogen functional groups attached to an aromatic ring is 2. The third-order valence-electron chi connectivity index (χ3n) is 4.66. The van der Waals surface area contributed by atoms with Crippen LogP contribution >= 0.6 is 0 Å². The van der Waals surface area contributed by atoms with Gasteiger partial charge in [0.2, 0.25) is 11.2 Å². The maximum Gasteiger partial charge on any atom is 0.220 e. The molecule has 0 aliphatic rings. The highest BCUT2D eigenvalue weighted by atomic mass is 16.3. The molecule has 0 fully saturated rings. The van der Waals surface area contributed by atoms with Crippen molar-refractivity contribution < 1.29 is 9.67 Å². The highest BCUT2D eigenvalue weighted by Crippen LogP contribution is 2.35. The van der Waals surface area contributed by atoms with E-state index in [4.69, 9.17) is 11.5 Å². The Morgan fingerprint density at radius 2 is 1.64 bits per heavy atom. The largest absolute Gasteiger partial charge is 0.506 e. The SMILES string of the molecule is CC[n+]1c(-c2ccccc2)c2cc(N)ccc2c2cc(O)c(N)cc21. The van der Waals surface area contributed by atoms with Crippen LogP contribution in [-0.2, 0) is 6.54 Å². The Bertz CT molecular complexity index is 1100. The molecule has 4 rings (SSSR count). The van der Waals surface area contributed by atoms with Crippen molar-refractivity contribution in [3.05, 3.63) is 60.7 Å². The summed E-state index contributed by atoms with van der Waals surface area (Å²) in [5.74, 6) is 0.0979. The average molecular weight is 330 g/mol. The van der Waals surface area contributed by atoms with Gasteiger partial charge in [-0.15, -0.1) is 0 Å². The Morgan fingerprint density at radius 1 is 0.880 bits per heavy atom. The van der Waals surface area contributed by atoms with Gasteiger partial charge in [0, 0.05) is 22.7 Å². The zero-order valence-electron chi connectivity index (χ0n) is 14.0. The number of phenols is 1. The Hall–Kier alpha value is -3.27. The third-order valence-corrected chi connectivity index (χ3v) is 4.66. The summed E-state index contributed by atoms with van der Waals surface area (Å²) in [6.45, 7) is 2.88. The maximum atomic E-state index is 10.1. The lowest BCUT2D eigenvalue weighted by molar-refractivity contribution is -0.655. The van der Waals surface area contributed by atoms with E-state index < -0.39 is 0 Å². The molecule has 4 aromatic rings. The summed E-state index contributed by atoms with van der Waals surface area (Å²) in [4.78, 5) is 0. The molecule has 4 nitrogen and oxygen atoms in total. The lowest BCUT2D eigenvalue weighted by atomic mass is 9.98. The van der Waals surface area contributed by atoms with Gasteiger partial charge in [0.15, 0.2) is 0 Å². The number of aryl methyl sites for hydroxylation is 1. The van der Waals surface area contributed by atoms with E-state index >= 15 is 0 Å². The number of hydrogen-bond acceptors (Lipinski definition) is 3. The van der Waals surface area contributed by atoms with E-state index in [0.29, 0.717) is 11.4 Å². The van der Waals surface area contributed by atoms with Crippen molar-refractivity contribution >= 4 is 33.1 Å². The average Bonchev–Trinajstić information content (AvgIpc) is 2.62. The van der Waals surface area contributed by atoms with Crippen LogP contribution in [0.3, 0.4) is 0 Å². The molecule has 0 aliphatic carbocycles. The summed E-state index contributed by atoms with van der Waals surface area (Å²) in [5.41, 5.74) is 16.4. The molecule has 124 valence electrons. The lowest BCUT2D eigenvalue weighted by Crippen LogP contribution is -2.36. The fraction of sp³-hybridized carbons (Fsp3) is 0.0952. The summed E-state index contributed by atoms with van der Waals surface area (Å²) in [6, 6.07) is 19.7. The molecule has 0 radical (unpaired) electrons. The minimum absolute atomic E-state index is 0.0979. The van der Waals surface area contributed by atoms with Crippen LogP contribution in [0, 0.1) is 0 Å². The first kappa shape index (κ1) is 15.3. The van der Waals surface area contributed by atoms with E-state index in [-0.39, 0.29) is 5.75 Å². The molecule has 0 aliphatic heterocycles. The number of anilines is 2. The van der Waals surface area contributed by atoms with Gasteiger partial charge in [-0.1, -0.05) is 24.3 Å². The number of pyridine rings is 1. The topological polar surface area (TPSA) is 76.1 Å². The van der Waals surface area contributed by atoms with Gasteiger partial charge in [0.25, 0.3) is 0 Å². The zero-order valence-corrected chi connectivity index (χ0v) is 14.0. The van der Waals surface area contributed by atoms with Gasteiger partial charge in [-0.2, -0.15) is 4.57 Å². The van der Waals surface area contributed by atoms with Crippen molar-refractivity contribution in [1.29, 1.82) is 0 Å². The number of rotatable bonds is 2. The molecule has 0 amide bonds. The van der Waals surface area contributed by atoms with Crippen LogP contribution in [0.25, 0.3) is 32.9 Å². The molecule has 0 unspecified atom stereocenters. The van der Waals surface area contributed by atoms with Crippen molar-refractivity contribution in [3.8, 4) is 17.0 Å². The second-order valence-electron chi connectivity index (χ2n) is 6.19. The van der Waals surface area contributed by atoms with E-state index in [2.05, 4.69) is 23.6 Å². The second-order valence-corrected chi connectivity index (χ2v) is 6.19. The molecular weight excluding hydrogens is 310 g/mol. The molecule has 0 saturated carbocycles. The molecule has 25 heavy (non-hydrogen) atoms. The van der Waals surface area contributed by atoms with Crippen LogP contribution in [-0.4, -0.2) is 5.11 Å². The predicted molar refractivity (Wildman–Crippen MR) is 103 cm³/mol. The first-order valence-corrected chi connectivity index (χ1v) is 8.32. The van der Waals surface area contributed by atoms with Crippen molar-refractivity contribution in [2.24, 2.45) is 0 Å². The van der Waals surface area contributed by atoms with Gasteiger partial charge in [0.1, 0.15) is 12.3 Å². The van der Waals surface area contributed by atoms with Gasteiger partial charge in [-0.05, 0) is 37.3 Å². The van der Waals surface area contributed by atoms with E-state index in [1.165, 1.54) is 0 Å². The number of nitrogens with two attached hydrogens (primary N) is 2. The summed E-state index contributed by atoms with van der Waals surface area (Å²) in [7, 11) is 0. The summed E-state index contributed by atoms with van der Waals surface area (Å²) >= 11 is 0. The molecule has 0 spiro atoms. The number of hydrogen-bond donors (Lipinski definition) is 3. The fourth-order valence-corrected chi connectivity index (χ4v) is 3.53. The van der Waals surface area contributed by atoms with E-state index in [1.54, 1.807) is 6.07 Å². The molecule has 5 N–H and O–H groups in total. The quantitative estimate of drug-likeness (QED) is 0.226. The van der Waals surface area contributed by atoms with Crippen molar-refractivity contribution in [3.63, 3.8) is 0 Å². The fourth-order valence-electron chi connectivity index (χ4n) is 3.53. The first-order chi connectivity index (χ1) is 12.1. The highest BCUT2D eigenvalue weighted by molar-refractivity contribution is 6.10. The van der Waals surface area contributed by atoms with Crippen LogP contribution in [0.2, 0.25) is 0 Å². The van der Waals surface area contributed by atoms with Crippen LogP contribution < -0.4 is 16.0 Å². The Morgan fingerprint density at radius 3 is 2.36 bits per heavy atom. The molecule has 0 saturated heterocycles.